The highest BCUT2D eigenvalue weighted by Crippen LogP contribution is 2.24. The average Bonchev–Trinajstić information content (AvgIpc) is 3.17. The predicted molar refractivity (Wildman–Crippen MR) is 92.6 cm³/mol. The monoisotopic (exact) mass is 331 g/mol. The first-order chi connectivity index (χ1) is 11.1. The number of aromatic nitrogens is 2. The molecule has 0 saturated carbocycles. The van der Waals surface area contributed by atoms with Crippen LogP contribution in [-0.2, 0) is 0 Å². The van der Waals surface area contributed by atoms with Gasteiger partial charge in [-0.15, -0.1) is 11.3 Å². The van der Waals surface area contributed by atoms with Crippen molar-refractivity contribution in [3.63, 3.8) is 0 Å². The molecule has 1 aliphatic heterocycles. The van der Waals surface area contributed by atoms with Crippen molar-refractivity contribution in [1.82, 2.24) is 19.8 Å². The lowest BCUT2D eigenvalue weighted by Gasteiger charge is -2.18. The first-order valence-electron chi connectivity index (χ1n) is 7.69. The summed E-state index contributed by atoms with van der Waals surface area (Å²) in [6.45, 7) is 2.63. The Bertz CT molecular complexity index is 658. The molecule has 1 fully saturated rings. The van der Waals surface area contributed by atoms with Gasteiger partial charge in [0, 0.05) is 31.2 Å². The number of hydrogen-bond acceptors (Lipinski definition) is 5. The lowest BCUT2D eigenvalue weighted by atomic mass is 10.1. The second kappa shape index (κ2) is 7.06. The van der Waals surface area contributed by atoms with Crippen LogP contribution >= 0.6 is 11.3 Å². The Kier molecular flexibility index (Phi) is 4.88. The van der Waals surface area contributed by atoms with Crippen molar-refractivity contribution in [1.29, 1.82) is 0 Å². The fourth-order valence-electron chi connectivity index (χ4n) is 2.81. The van der Waals surface area contributed by atoms with E-state index >= 15 is 0 Å². The number of carbonyl (C=O) groups is 1. The molecule has 0 spiro atoms. The van der Waals surface area contributed by atoms with Gasteiger partial charge in [-0.1, -0.05) is 6.07 Å². The van der Waals surface area contributed by atoms with E-state index in [2.05, 4.69) is 34.3 Å². The molecular formula is C16H21N5OS. The molecule has 3 rings (SSSR count). The summed E-state index contributed by atoms with van der Waals surface area (Å²) >= 11 is 1.48. The van der Waals surface area contributed by atoms with E-state index in [-0.39, 0.29) is 6.03 Å². The van der Waals surface area contributed by atoms with E-state index in [1.54, 1.807) is 6.20 Å². The third-order valence-corrected chi connectivity index (χ3v) is 4.68. The molecule has 2 amide bonds. The zero-order valence-electron chi connectivity index (χ0n) is 13.4. The zero-order valence-corrected chi connectivity index (χ0v) is 14.2. The van der Waals surface area contributed by atoms with Crippen LogP contribution in [0.4, 0.5) is 10.6 Å². The van der Waals surface area contributed by atoms with Gasteiger partial charge in [0.2, 0.25) is 0 Å². The minimum absolute atomic E-state index is 0.0656. The Morgan fingerprint density at radius 1 is 1.48 bits per heavy atom. The van der Waals surface area contributed by atoms with Gasteiger partial charge in [0.25, 0.3) is 0 Å². The van der Waals surface area contributed by atoms with Crippen molar-refractivity contribution in [2.24, 2.45) is 5.92 Å². The van der Waals surface area contributed by atoms with E-state index in [4.69, 9.17) is 0 Å². The van der Waals surface area contributed by atoms with Gasteiger partial charge in [-0.25, -0.2) is 9.78 Å². The molecule has 0 radical (unpaired) electrons. The molecule has 23 heavy (non-hydrogen) atoms. The Hall–Kier alpha value is -1.99. The van der Waals surface area contributed by atoms with E-state index in [0.717, 1.165) is 36.8 Å². The molecule has 1 aliphatic rings. The second-order valence-corrected chi connectivity index (χ2v) is 6.90. The topological polar surface area (TPSA) is 61.4 Å². The molecule has 0 aromatic carbocycles. The first-order valence-corrected chi connectivity index (χ1v) is 8.57. The normalized spacial score (nSPS) is 17.7. The maximum absolute atomic E-state index is 12.3. The molecule has 2 aromatic heterocycles. The lowest BCUT2D eigenvalue weighted by molar-refractivity contribution is 0.219. The number of thiazole rings is 1. The molecule has 122 valence electrons. The number of likely N-dealkylation sites (tertiary alicyclic amines) is 1. The molecule has 1 saturated heterocycles. The standard InChI is InChI=1S/C16H21N5OS/c1-20(2)9-12-6-8-21(10-12)16(22)19-14-11-23-15(18-14)13-5-3-4-7-17-13/h3-5,7,11-12H,6,8-10H2,1-2H3,(H,19,22). The summed E-state index contributed by atoms with van der Waals surface area (Å²) in [5.41, 5.74) is 0.824. The van der Waals surface area contributed by atoms with Crippen molar-refractivity contribution in [2.75, 3.05) is 39.0 Å². The van der Waals surface area contributed by atoms with Crippen LogP contribution in [0.2, 0.25) is 0 Å². The van der Waals surface area contributed by atoms with E-state index in [1.807, 2.05) is 28.5 Å². The van der Waals surface area contributed by atoms with Crippen molar-refractivity contribution in [3.8, 4) is 10.7 Å². The average molecular weight is 331 g/mol. The summed E-state index contributed by atoms with van der Waals surface area (Å²) in [4.78, 5) is 25.1. The smallest absolute Gasteiger partial charge is 0.323 e. The fraction of sp³-hybridized carbons (Fsp3) is 0.438. The Morgan fingerprint density at radius 2 is 2.35 bits per heavy atom. The largest absolute Gasteiger partial charge is 0.324 e. The van der Waals surface area contributed by atoms with Crippen LogP contribution in [0.3, 0.4) is 0 Å². The number of urea groups is 1. The maximum Gasteiger partial charge on any atom is 0.323 e. The van der Waals surface area contributed by atoms with Crippen molar-refractivity contribution in [2.45, 2.75) is 6.42 Å². The van der Waals surface area contributed by atoms with Crippen molar-refractivity contribution in [3.05, 3.63) is 29.8 Å². The Labute approximate surface area is 140 Å². The summed E-state index contributed by atoms with van der Waals surface area (Å²) in [6, 6.07) is 5.65. The van der Waals surface area contributed by atoms with Crippen LogP contribution in [0.15, 0.2) is 29.8 Å². The van der Waals surface area contributed by atoms with Crippen molar-refractivity contribution >= 4 is 23.2 Å². The summed E-state index contributed by atoms with van der Waals surface area (Å²) in [5.74, 6) is 1.15. The minimum atomic E-state index is -0.0656. The van der Waals surface area contributed by atoms with Gasteiger partial charge < -0.3 is 9.80 Å². The quantitative estimate of drug-likeness (QED) is 0.935. The van der Waals surface area contributed by atoms with Gasteiger partial charge in [-0.3, -0.25) is 10.3 Å². The Balaban J connectivity index is 1.58. The van der Waals surface area contributed by atoms with Crippen molar-refractivity contribution < 1.29 is 4.79 Å². The van der Waals surface area contributed by atoms with E-state index < -0.39 is 0 Å². The molecule has 0 aliphatic carbocycles. The number of amides is 2. The minimum Gasteiger partial charge on any atom is -0.324 e. The van der Waals surface area contributed by atoms with Crippen LogP contribution < -0.4 is 5.32 Å². The third-order valence-electron chi connectivity index (χ3n) is 3.82. The number of hydrogen-bond donors (Lipinski definition) is 1. The maximum atomic E-state index is 12.3. The SMILES string of the molecule is CN(C)CC1CCN(C(=O)Nc2csc(-c3ccccn3)n2)C1. The molecule has 0 bridgehead atoms. The highest BCUT2D eigenvalue weighted by atomic mass is 32.1. The van der Waals surface area contributed by atoms with E-state index in [1.165, 1.54) is 11.3 Å². The highest BCUT2D eigenvalue weighted by Gasteiger charge is 2.26. The molecule has 7 heteroatoms. The molecule has 1 unspecified atom stereocenters. The third kappa shape index (κ3) is 4.05. The van der Waals surface area contributed by atoms with Gasteiger partial charge in [0.05, 0.1) is 5.69 Å². The molecular weight excluding hydrogens is 310 g/mol. The number of carbonyl (C=O) groups excluding carboxylic acids is 1. The van der Waals surface area contributed by atoms with Crippen LogP contribution in [0.5, 0.6) is 0 Å². The summed E-state index contributed by atoms with van der Waals surface area (Å²) in [7, 11) is 4.13. The van der Waals surface area contributed by atoms with Crippen LogP contribution in [-0.4, -0.2) is 59.5 Å². The number of nitrogens with one attached hydrogen (secondary N) is 1. The van der Waals surface area contributed by atoms with Crippen LogP contribution in [0, 0.1) is 5.92 Å². The fourth-order valence-corrected chi connectivity index (χ4v) is 3.54. The van der Waals surface area contributed by atoms with Gasteiger partial charge in [0.1, 0.15) is 10.8 Å². The molecule has 3 heterocycles. The van der Waals surface area contributed by atoms with Gasteiger partial charge >= 0.3 is 6.03 Å². The summed E-state index contributed by atoms with van der Waals surface area (Å²) in [6.07, 6.45) is 2.80. The molecule has 6 nitrogen and oxygen atoms in total. The number of nitrogens with zero attached hydrogens (tertiary/aromatic N) is 4. The first kappa shape index (κ1) is 15.9. The van der Waals surface area contributed by atoms with E-state index in [9.17, 15) is 4.79 Å². The zero-order chi connectivity index (χ0) is 16.2. The molecule has 1 atom stereocenters. The highest BCUT2D eigenvalue weighted by molar-refractivity contribution is 7.13. The van der Waals surface area contributed by atoms with Crippen LogP contribution in [0.1, 0.15) is 6.42 Å². The summed E-state index contributed by atoms with van der Waals surface area (Å²) in [5, 5.41) is 5.56. The van der Waals surface area contributed by atoms with Gasteiger partial charge in [-0.2, -0.15) is 0 Å². The predicted octanol–water partition coefficient (Wildman–Crippen LogP) is 2.62. The lowest BCUT2D eigenvalue weighted by Crippen LogP contribution is -2.34. The molecule has 1 N–H and O–H groups in total. The number of anilines is 1. The number of pyridine rings is 1. The summed E-state index contributed by atoms with van der Waals surface area (Å²) < 4.78 is 0. The van der Waals surface area contributed by atoms with Crippen LogP contribution in [0.25, 0.3) is 10.7 Å². The number of rotatable bonds is 4. The molecule has 2 aromatic rings. The van der Waals surface area contributed by atoms with Gasteiger partial charge in [-0.05, 0) is 38.6 Å². The second-order valence-electron chi connectivity index (χ2n) is 6.05. The van der Waals surface area contributed by atoms with E-state index in [0.29, 0.717) is 11.7 Å². The van der Waals surface area contributed by atoms with Gasteiger partial charge in [0.15, 0.2) is 0 Å². The Morgan fingerprint density at radius 3 is 3.09 bits per heavy atom.